The van der Waals surface area contributed by atoms with Gasteiger partial charge in [-0.3, -0.25) is 14.4 Å². The first-order chi connectivity index (χ1) is 13.6. The lowest BCUT2D eigenvalue weighted by molar-refractivity contribution is 0.0996. The lowest BCUT2D eigenvalue weighted by atomic mass is 10.1. The van der Waals surface area contributed by atoms with Gasteiger partial charge in [-0.25, -0.2) is 4.98 Å². The fourth-order valence-corrected chi connectivity index (χ4v) is 3.08. The summed E-state index contributed by atoms with van der Waals surface area (Å²) < 4.78 is 12.0. The van der Waals surface area contributed by atoms with E-state index in [4.69, 9.17) is 14.7 Å². The molecule has 0 aliphatic carbocycles. The molecule has 0 fully saturated rings. The molecule has 0 atom stereocenters. The Labute approximate surface area is 160 Å². The lowest BCUT2D eigenvalue weighted by Crippen LogP contribution is -2.22. The van der Waals surface area contributed by atoms with Gasteiger partial charge in [-0.05, 0) is 18.2 Å². The molecule has 9 nitrogen and oxygen atoms in total. The SMILES string of the molecule is COc1ccc(-c2ccc3c(n2)CN(c2cnn(CC#N)c2)C3=O)c(OC)n1. The maximum Gasteiger partial charge on any atom is 0.260 e. The Balaban J connectivity index is 1.67. The monoisotopic (exact) mass is 376 g/mol. The van der Waals surface area contributed by atoms with Crippen LogP contribution in [0.25, 0.3) is 11.3 Å². The quantitative estimate of drug-likeness (QED) is 0.671. The van der Waals surface area contributed by atoms with Gasteiger partial charge in [-0.2, -0.15) is 15.3 Å². The Hall–Kier alpha value is -3.93. The molecule has 0 aromatic carbocycles. The first-order valence-corrected chi connectivity index (χ1v) is 8.45. The molecule has 0 N–H and O–H groups in total. The van der Waals surface area contributed by atoms with Crippen LogP contribution in [-0.4, -0.2) is 39.9 Å². The van der Waals surface area contributed by atoms with E-state index in [1.165, 1.54) is 18.9 Å². The van der Waals surface area contributed by atoms with Crippen molar-refractivity contribution in [3.05, 3.63) is 47.9 Å². The number of carbonyl (C=O) groups excluding carboxylic acids is 1. The number of aromatic nitrogens is 4. The number of nitriles is 1. The summed E-state index contributed by atoms with van der Waals surface area (Å²) in [6.07, 6.45) is 3.24. The number of pyridine rings is 2. The van der Waals surface area contributed by atoms with Gasteiger partial charge in [0, 0.05) is 12.3 Å². The first-order valence-electron chi connectivity index (χ1n) is 8.45. The third-order valence-corrected chi connectivity index (χ3v) is 4.43. The van der Waals surface area contributed by atoms with Crippen molar-refractivity contribution in [2.45, 2.75) is 13.1 Å². The second-order valence-electron chi connectivity index (χ2n) is 6.05. The van der Waals surface area contributed by atoms with Gasteiger partial charge in [0.05, 0.1) is 61.2 Å². The molecule has 140 valence electrons. The van der Waals surface area contributed by atoms with Crippen LogP contribution in [0.2, 0.25) is 0 Å². The van der Waals surface area contributed by atoms with Crippen molar-refractivity contribution in [1.82, 2.24) is 19.7 Å². The third-order valence-electron chi connectivity index (χ3n) is 4.43. The molecule has 0 spiro atoms. The fraction of sp³-hybridized carbons (Fsp3) is 0.211. The van der Waals surface area contributed by atoms with Crippen molar-refractivity contribution in [3.8, 4) is 29.1 Å². The summed E-state index contributed by atoms with van der Waals surface area (Å²) in [6, 6.07) is 9.09. The first kappa shape index (κ1) is 17.5. The molecule has 3 aromatic heterocycles. The average molecular weight is 376 g/mol. The molecule has 1 aliphatic heterocycles. The molecule has 0 saturated carbocycles. The van der Waals surface area contributed by atoms with Crippen molar-refractivity contribution >= 4 is 11.6 Å². The zero-order valence-corrected chi connectivity index (χ0v) is 15.3. The molecule has 4 heterocycles. The molecule has 3 aromatic rings. The molecule has 4 rings (SSSR count). The van der Waals surface area contributed by atoms with Gasteiger partial charge in [-0.1, -0.05) is 0 Å². The van der Waals surface area contributed by atoms with Gasteiger partial charge in [0.15, 0.2) is 0 Å². The summed E-state index contributed by atoms with van der Waals surface area (Å²) in [4.78, 5) is 23.3. The van der Waals surface area contributed by atoms with Gasteiger partial charge in [0.25, 0.3) is 5.91 Å². The minimum atomic E-state index is -0.148. The number of rotatable bonds is 5. The Morgan fingerprint density at radius 3 is 2.71 bits per heavy atom. The molecule has 0 saturated heterocycles. The second kappa shape index (κ2) is 7.00. The van der Waals surface area contributed by atoms with Crippen LogP contribution in [0, 0.1) is 11.3 Å². The molecular weight excluding hydrogens is 360 g/mol. The van der Waals surface area contributed by atoms with Crippen LogP contribution in [0.4, 0.5) is 5.69 Å². The molecule has 28 heavy (non-hydrogen) atoms. The van der Waals surface area contributed by atoms with Gasteiger partial charge in [0.2, 0.25) is 11.8 Å². The van der Waals surface area contributed by atoms with E-state index in [2.05, 4.69) is 15.1 Å². The molecule has 1 aliphatic rings. The van der Waals surface area contributed by atoms with E-state index in [1.807, 2.05) is 12.1 Å². The minimum Gasteiger partial charge on any atom is -0.481 e. The van der Waals surface area contributed by atoms with Crippen molar-refractivity contribution in [2.75, 3.05) is 19.1 Å². The molecule has 1 amide bonds. The summed E-state index contributed by atoms with van der Waals surface area (Å²) in [7, 11) is 3.07. The third kappa shape index (κ3) is 2.91. The zero-order valence-electron chi connectivity index (χ0n) is 15.3. The van der Waals surface area contributed by atoms with E-state index in [-0.39, 0.29) is 12.5 Å². The number of anilines is 1. The molecular formula is C19H16N6O3. The van der Waals surface area contributed by atoms with Crippen molar-refractivity contribution < 1.29 is 14.3 Å². The smallest absolute Gasteiger partial charge is 0.260 e. The number of carbonyl (C=O) groups is 1. The van der Waals surface area contributed by atoms with Crippen molar-refractivity contribution in [2.24, 2.45) is 0 Å². The van der Waals surface area contributed by atoms with Crippen LogP contribution >= 0.6 is 0 Å². The minimum absolute atomic E-state index is 0.127. The highest BCUT2D eigenvalue weighted by molar-refractivity contribution is 6.09. The van der Waals surface area contributed by atoms with E-state index < -0.39 is 0 Å². The summed E-state index contributed by atoms with van der Waals surface area (Å²) in [6.45, 7) is 0.452. The predicted octanol–water partition coefficient (Wildman–Crippen LogP) is 2.04. The van der Waals surface area contributed by atoms with Crippen molar-refractivity contribution in [3.63, 3.8) is 0 Å². The number of nitrogens with zero attached hydrogens (tertiary/aromatic N) is 6. The summed E-state index contributed by atoms with van der Waals surface area (Å²) >= 11 is 0. The number of hydrogen-bond donors (Lipinski definition) is 0. The maximum absolute atomic E-state index is 12.7. The topological polar surface area (TPSA) is 106 Å². The predicted molar refractivity (Wildman–Crippen MR) is 98.9 cm³/mol. The highest BCUT2D eigenvalue weighted by Crippen LogP contribution is 2.32. The molecule has 0 bridgehead atoms. The van der Waals surface area contributed by atoms with Gasteiger partial charge < -0.3 is 9.47 Å². The normalized spacial score (nSPS) is 12.6. The Morgan fingerprint density at radius 2 is 1.96 bits per heavy atom. The molecule has 0 unspecified atom stereocenters. The number of hydrogen-bond acceptors (Lipinski definition) is 7. The van der Waals surface area contributed by atoms with Gasteiger partial charge >= 0.3 is 0 Å². The summed E-state index contributed by atoms with van der Waals surface area (Å²) in [5.41, 5.74) is 3.19. The molecule has 9 heteroatoms. The largest absolute Gasteiger partial charge is 0.481 e. The highest BCUT2D eigenvalue weighted by Gasteiger charge is 2.31. The molecule has 0 radical (unpaired) electrons. The fourth-order valence-electron chi connectivity index (χ4n) is 3.08. The van der Waals surface area contributed by atoms with Crippen LogP contribution in [-0.2, 0) is 13.1 Å². The van der Waals surface area contributed by atoms with Crippen LogP contribution in [0.3, 0.4) is 0 Å². The average Bonchev–Trinajstić information content (AvgIpc) is 3.31. The van der Waals surface area contributed by atoms with E-state index in [9.17, 15) is 4.79 Å². The van der Waals surface area contributed by atoms with E-state index in [0.29, 0.717) is 46.5 Å². The van der Waals surface area contributed by atoms with E-state index in [0.717, 1.165) is 0 Å². The Bertz CT molecular complexity index is 1100. The van der Waals surface area contributed by atoms with E-state index >= 15 is 0 Å². The Morgan fingerprint density at radius 1 is 1.14 bits per heavy atom. The lowest BCUT2D eigenvalue weighted by Gasteiger charge is -2.11. The van der Waals surface area contributed by atoms with Crippen LogP contribution in [0.15, 0.2) is 36.7 Å². The zero-order chi connectivity index (χ0) is 19.7. The number of fused-ring (bicyclic) bond motifs is 1. The van der Waals surface area contributed by atoms with Crippen LogP contribution in [0.5, 0.6) is 11.8 Å². The van der Waals surface area contributed by atoms with Crippen LogP contribution < -0.4 is 14.4 Å². The summed E-state index contributed by atoms with van der Waals surface area (Å²) in [5.74, 6) is 0.689. The second-order valence-corrected chi connectivity index (χ2v) is 6.05. The van der Waals surface area contributed by atoms with E-state index in [1.54, 1.807) is 35.5 Å². The van der Waals surface area contributed by atoms with Crippen LogP contribution in [0.1, 0.15) is 16.1 Å². The number of amides is 1. The van der Waals surface area contributed by atoms with Crippen molar-refractivity contribution in [1.29, 1.82) is 5.26 Å². The highest BCUT2D eigenvalue weighted by atomic mass is 16.5. The maximum atomic E-state index is 12.7. The number of methoxy groups -OCH3 is 2. The Kier molecular flexibility index (Phi) is 4.37. The van der Waals surface area contributed by atoms with Gasteiger partial charge in [-0.15, -0.1) is 0 Å². The number of ether oxygens (including phenoxy) is 2. The summed E-state index contributed by atoms with van der Waals surface area (Å²) in [5, 5.41) is 12.9. The standard InChI is InChI=1S/C19H16N6O3/c1-27-17-6-4-13(18(23-17)28-2)15-5-3-14-16(22-15)11-25(19(14)26)12-9-21-24(10-12)8-7-20/h3-6,9-10H,8,11H2,1-2H3. The van der Waals surface area contributed by atoms with Gasteiger partial charge in [0.1, 0.15) is 6.54 Å².